The molecule has 1 aromatic heterocycles. The summed E-state index contributed by atoms with van der Waals surface area (Å²) in [6.45, 7) is 0. The summed E-state index contributed by atoms with van der Waals surface area (Å²) < 4.78 is 1.83. The van der Waals surface area contributed by atoms with Crippen LogP contribution in [0.2, 0.25) is 0 Å². The molecule has 2 nitrogen and oxygen atoms in total. The van der Waals surface area contributed by atoms with Crippen molar-refractivity contribution in [3.8, 4) is 0 Å². The number of nitrogens with two attached hydrogens (primary N) is 1. The van der Waals surface area contributed by atoms with Crippen molar-refractivity contribution >= 4 is 43.4 Å². The third kappa shape index (κ3) is 1.34. The molecule has 0 spiro atoms. The van der Waals surface area contributed by atoms with Gasteiger partial charge in [-0.25, -0.2) is 0 Å². The smallest absolute Gasteiger partial charge is 0.0782 e. The standard InChI is InChI=1S/C20H14N2/c21-22-18-12-10-13-5-1-3-7-15(13)19(18)17-11-9-14-6-2-4-8-16(14)20(17)22/h1-12H,21H2. The molecule has 0 bridgehead atoms. The van der Waals surface area contributed by atoms with Gasteiger partial charge in [-0.3, -0.25) is 4.68 Å². The maximum Gasteiger partial charge on any atom is 0.0782 e. The lowest BCUT2D eigenvalue weighted by atomic mass is 10.0. The molecule has 5 rings (SSSR count). The second-order valence-electron chi connectivity index (χ2n) is 5.73. The maximum atomic E-state index is 6.45. The lowest BCUT2D eigenvalue weighted by molar-refractivity contribution is 1.13. The molecule has 0 radical (unpaired) electrons. The van der Waals surface area contributed by atoms with Gasteiger partial charge in [0.1, 0.15) is 0 Å². The number of fused-ring (bicyclic) bond motifs is 7. The Kier molecular flexibility index (Phi) is 2.12. The Morgan fingerprint density at radius 3 is 2.05 bits per heavy atom. The quantitative estimate of drug-likeness (QED) is 0.406. The fraction of sp³-hybridized carbons (Fsp3) is 0. The molecule has 0 amide bonds. The van der Waals surface area contributed by atoms with Crippen LogP contribution in [0, 0.1) is 0 Å². The van der Waals surface area contributed by atoms with Crippen LogP contribution in [0.1, 0.15) is 0 Å². The van der Waals surface area contributed by atoms with E-state index in [4.69, 9.17) is 5.84 Å². The van der Waals surface area contributed by atoms with Gasteiger partial charge >= 0.3 is 0 Å². The molecule has 0 aliphatic rings. The molecular weight excluding hydrogens is 268 g/mol. The number of nitrogens with zero attached hydrogens (tertiary/aromatic N) is 1. The van der Waals surface area contributed by atoms with E-state index in [9.17, 15) is 0 Å². The number of hydrogen-bond acceptors (Lipinski definition) is 1. The fourth-order valence-electron chi connectivity index (χ4n) is 3.58. The summed E-state index contributed by atoms with van der Waals surface area (Å²) in [4.78, 5) is 0. The predicted molar refractivity (Wildman–Crippen MR) is 94.6 cm³/mol. The SMILES string of the molecule is Nn1c2ccc3ccccc3c2c2ccc3ccccc3c21. The average molecular weight is 282 g/mol. The minimum absolute atomic E-state index is 1.07. The van der Waals surface area contributed by atoms with Crippen LogP contribution in [0.25, 0.3) is 43.4 Å². The second-order valence-corrected chi connectivity index (χ2v) is 5.73. The van der Waals surface area contributed by atoms with Gasteiger partial charge in [0.2, 0.25) is 0 Å². The van der Waals surface area contributed by atoms with E-state index >= 15 is 0 Å². The van der Waals surface area contributed by atoms with Crippen molar-refractivity contribution in [1.29, 1.82) is 0 Å². The lowest BCUT2D eigenvalue weighted by Gasteiger charge is -2.02. The van der Waals surface area contributed by atoms with Crippen molar-refractivity contribution in [2.45, 2.75) is 0 Å². The van der Waals surface area contributed by atoms with Crippen molar-refractivity contribution in [3.05, 3.63) is 72.8 Å². The van der Waals surface area contributed by atoms with Gasteiger partial charge in [0.05, 0.1) is 11.0 Å². The molecule has 1 heterocycles. The first-order valence-corrected chi connectivity index (χ1v) is 7.43. The number of aromatic nitrogens is 1. The molecular formula is C20H14N2. The molecule has 0 fully saturated rings. The van der Waals surface area contributed by atoms with Gasteiger partial charge < -0.3 is 5.84 Å². The van der Waals surface area contributed by atoms with Crippen molar-refractivity contribution < 1.29 is 0 Å². The molecule has 22 heavy (non-hydrogen) atoms. The zero-order valence-corrected chi connectivity index (χ0v) is 12.0. The highest BCUT2D eigenvalue weighted by molar-refractivity contribution is 6.25. The Balaban J connectivity index is 2.16. The van der Waals surface area contributed by atoms with Gasteiger partial charge in [-0.05, 0) is 22.2 Å². The van der Waals surface area contributed by atoms with Crippen LogP contribution >= 0.6 is 0 Å². The second kappa shape index (κ2) is 4.01. The van der Waals surface area contributed by atoms with Gasteiger partial charge in [0.15, 0.2) is 0 Å². The molecule has 0 aliphatic heterocycles. The van der Waals surface area contributed by atoms with Crippen LogP contribution in [-0.2, 0) is 0 Å². The third-order valence-electron chi connectivity index (χ3n) is 4.58. The maximum absolute atomic E-state index is 6.45. The monoisotopic (exact) mass is 282 g/mol. The van der Waals surface area contributed by atoms with E-state index in [1.807, 2.05) is 4.68 Å². The van der Waals surface area contributed by atoms with Crippen LogP contribution < -0.4 is 5.84 Å². The predicted octanol–water partition coefficient (Wildman–Crippen LogP) is 4.81. The summed E-state index contributed by atoms with van der Waals surface area (Å²) in [7, 11) is 0. The highest BCUT2D eigenvalue weighted by atomic mass is 15.3. The molecule has 104 valence electrons. The van der Waals surface area contributed by atoms with E-state index in [0.717, 1.165) is 11.0 Å². The van der Waals surface area contributed by atoms with Crippen LogP contribution in [0.5, 0.6) is 0 Å². The van der Waals surface area contributed by atoms with Crippen molar-refractivity contribution in [1.82, 2.24) is 4.68 Å². The summed E-state index contributed by atoms with van der Waals surface area (Å²) in [5.41, 5.74) is 2.18. The summed E-state index contributed by atoms with van der Waals surface area (Å²) in [5.74, 6) is 6.45. The lowest BCUT2D eigenvalue weighted by Crippen LogP contribution is -2.06. The molecule has 0 unspecified atom stereocenters. The summed E-state index contributed by atoms with van der Waals surface area (Å²) >= 11 is 0. The largest absolute Gasteiger partial charge is 0.339 e. The number of benzene rings is 4. The molecule has 4 aromatic carbocycles. The normalized spacial score (nSPS) is 11.8. The van der Waals surface area contributed by atoms with Crippen LogP contribution in [0.3, 0.4) is 0 Å². The molecule has 2 heteroatoms. The first-order chi connectivity index (χ1) is 10.8. The minimum Gasteiger partial charge on any atom is -0.339 e. The summed E-state index contributed by atoms with van der Waals surface area (Å²) in [5, 5.41) is 7.37. The first kappa shape index (κ1) is 11.6. The highest BCUT2D eigenvalue weighted by Gasteiger charge is 2.13. The van der Waals surface area contributed by atoms with Crippen LogP contribution in [-0.4, -0.2) is 4.68 Å². The highest BCUT2D eigenvalue weighted by Crippen LogP contribution is 2.36. The van der Waals surface area contributed by atoms with Gasteiger partial charge in [0.25, 0.3) is 0 Å². The van der Waals surface area contributed by atoms with E-state index in [2.05, 4.69) is 72.8 Å². The molecule has 0 saturated heterocycles. The fourth-order valence-corrected chi connectivity index (χ4v) is 3.58. The molecule has 0 saturated carbocycles. The Bertz CT molecular complexity index is 1180. The third-order valence-corrected chi connectivity index (χ3v) is 4.58. The Morgan fingerprint density at radius 1 is 0.591 bits per heavy atom. The zero-order valence-electron chi connectivity index (χ0n) is 12.0. The van der Waals surface area contributed by atoms with Gasteiger partial charge in [-0.2, -0.15) is 0 Å². The van der Waals surface area contributed by atoms with Crippen molar-refractivity contribution in [3.63, 3.8) is 0 Å². The van der Waals surface area contributed by atoms with Crippen LogP contribution in [0.15, 0.2) is 72.8 Å². The van der Waals surface area contributed by atoms with E-state index < -0.39 is 0 Å². The first-order valence-electron chi connectivity index (χ1n) is 7.43. The zero-order chi connectivity index (χ0) is 14.7. The number of nitrogen functional groups attached to an aromatic ring is 1. The van der Waals surface area contributed by atoms with E-state index in [-0.39, 0.29) is 0 Å². The van der Waals surface area contributed by atoms with E-state index in [1.54, 1.807) is 0 Å². The van der Waals surface area contributed by atoms with Crippen molar-refractivity contribution in [2.24, 2.45) is 0 Å². The average Bonchev–Trinajstić information content (AvgIpc) is 2.88. The number of rotatable bonds is 0. The van der Waals surface area contributed by atoms with Crippen molar-refractivity contribution in [2.75, 3.05) is 5.84 Å². The molecule has 2 N–H and O–H groups in total. The molecule has 0 aliphatic carbocycles. The number of hydrogen-bond donors (Lipinski definition) is 1. The Morgan fingerprint density at radius 2 is 1.23 bits per heavy atom. The molecule has 5 aromatic rings. The minimum atomic E-state index is 1.07. The van der Waals surface area contributed by atoms with E-state index in [0.29, 0.717) is 0 Å². The molecule has 0 atom stereocenters. The van der Waals surface area contributed by atoms with Crippen LogP contribution in [0.4, 0.5) is 0 Å². The Labute approximate surface area is 127 Å². The Hall–Kier alpha value is -3.00. The summed E-state index contributed by atoms with van der Waals surface area (Å²) in [6, 6.07) is 25.5. The van der Waals surface area contributed by atoms with E-state index in [1.165, 1.54) is 32.3 Å². The topological polar surface area (TPSA) is 30.9 Å². The van der Waals surface area contributed by atoms with Gasteiger partial charge in [-0.15, -0.1) is 0 Å². The van der Waals surface area contributed by atoms with Gasteiger partial charge in [-0.1, -0.05) is 66.7 Å². The van der Waals surface area contributed by atoms with Gasteiger partial charge in [0, 0.05) is 16.2 Å². The summed E-state index contributed by atoms with van der Waals surface area (Å²) in [6.07, 6.45) is 0.